The first-order valence-electron chi connectivity index (χ1n) is 37.4. The molecule has 0 amide bonds. The van der Waals surface area contributed by atoms with Crippen molar-refractivity contribution >= 4 is 28.5 Å². The Balaban J connectivity index is -0.000000463. The molecule has 8 aliphatic rings. The maximum absolute atomic E-state index is 7.56. The number of hydrogen-bond donors (Lipinski definition) is 8. The van der Waals surface area contributed by atoms with E-state index in [1.54, 1.807) is 0 Å². The first kappa shape index (κ1) is 96.0. The SMILES string of the molecule is CCCN1CCCCC1.CCCN1CCCCC1.CCCN1CCCCC1.CCCN1CCCCC1.CCCN1CCCCC1.CCCN1CCCCC1.CCCN1CCCCC1.CCCN1CCCCC1.N#CB(O)O.N#CB(O)O.N#CB(O)O.N#CB(O)O. The van der Waals surface area contributed by atoms with Crippen LogP contribution in [0.15, 0.2) is 0 Å². The van der Waals surface area contributed by atoms with Crippen molar-refractivity contribution in [1.29, 1.82) is 21.0 Å². The number of nitriles is 4. The Morgan fingerprint density at radius 2 is 0.272 bits per heavy atom. The molecule has 0 bridgehead atoms. The average molecular weight is 1300 g/mol. The zero-order valence-electron chi connectivity index (χ0n) is 60.9. The van der Waals surface area contributed by atoms with Crippen molar-refractivity contribution in [2.24, 2.45) is 0 Å². The van der Waals surface area contributed by atoms with Gasteiger partial charge in [0.1, 0.15) is 0 Å². The van der Waals surface area contributed by atoms with Gasteiger partial charge in [-0.3, -0.25) is 0 Å². The van der Waals surface area contributed by atoms with Gasteiger partial charge in [0.15, 0.2) is 0 Å². The highest BCUT2D eigenvalue weighted by atomic mass is 16.4. The minimum atomic E-state index is -1.81. The molecule has 0 aliphatic carbocycles. The summed E-state index contributed by atoms with van der Waals surface area (Å²) in [6, 6.07) is 0. The van der Waals surface area contributed by atoms with Crippen molar-refractivity contribution in [2.75, 3.05) is 157 Å². The lowest BCUT2D eigenvalue weighted by Gasteiger charge is -2.25. The van der Waals surface area contributed by atoms with Crippen LogP contribution in [-0.4, -0.2) is 265 Å². The van der Waals surface area contributed by atoms with E-state index in [0.29, 0.717) is 0 Å². The standard InChI is InChI=1S/8C8H17N.4CH2BNO2/c8*1-2-6-9-7-4-3-5-8-9;4*3-1-2(4)5/h8*2-8H2,1H3;4*4-5H. The first-order valence-corrected chi connectivity index (χ1v) is 37.4. The van der Waals surface area contributed by atoms with Crippen molar-refractivity contribution in [1.82, 2.24) is 39.2 Å². The van der Waals surface area contributed by atoms with Crippen LogP contribution in [0.5, 0.6) is 0 Å². The van der Waals surface area contributed by atoms with Crippen molar-refractivity contribution < 1.29 is 40.2 Å². The summed E-state index contributed by atoms with van der Waals surface area (Å²) in [6.07, 6.45) is 45.1. The molecule has 92 heavy (non-hydrogen) atoms. The van der Waals surface area contributed by atoms with Crippen LogP contribution in [0.2, 0.25) is 0 Å². The quantitative estimate of drug-likeness (QED) is 0.0669. The number of rotatable bonds is 16. The summed E-state index contributed by atoms with van der Waals surface area (Å²) in [7, 11) is -7.24. The number of nitrogens with zero attached hydrogens (tertiary/aromatic N) is 12. The highest BCUT2D eigenvalue weighted by Crippen LogP contribution is 2.13. The minimum Gasteiger partial charge on any atom is -0.415 e. The molecular weight excluding hydrogens is 1160 g/mol. The van der Waals surface area contributed by atoms with Crippen LogP contribution in [0.1, 0.15) is 261 Å². The van der Waals surface area contributed by atoms with Crippen LogP contribution in [0.25, 0.3) is 0 Å². The maximum atomic E-state index is 7.56. The van der Waals surface area contributed by atoms with Gasteiger partial charge in [0.2, 0.25) is 0 Å². The summed E-state index contributed by atoms with van der Waals surface area (Å²) >= 11 is 0. The second-order valence-electron chi connectivity index (χ2n) is 25.2. The lowest BCUT2D eigenvalue weighted by molar-refractivity contribution is 0.229. The van der Waals surface area contributed by atoms with Gasteiger partial charge in [0.25, 0.3) is 0 Å². The average Bonchev–Trinajstić information content (AvgIpc) is 3.67. The summed E-state index contributed by atoms with van der Waals surface area (Å²) in [5, 5.41) is 90.0. The third kappa shape index (κ3) is 75.0. The van der Waals surface area contributed by atoms with Gasteiger partial charge < -0.3 is 79.4 Å². The molecule has 536 valence electrons. The number of piperidine rings is 8. The molecule has 0 aromatic carbocycles. The van der Waals surface area contributed by atoms with Gasteiger partial charge in [-0.05, 0) is 311 Å². The lowest BCUT2D eigenvalue weighted by atomic mass is 9.97. The second-order valence-corrected chi connectivity index (χ2v) is 25.2. The number of hydrogen-bond acceptors (Lipinski definition) is 20. The highest BCUT2D eigenvalue weighted by Gasteiger charge is 2.13. The van der Waals surface area contributed by atoms with Gasteiger partial charge in [0, 0.05) is 0 Å². The molecule has 8 saturated heterocycles. The molecule has 8 aliphatic heterocycles. The third-order valence-corrected chi connectivity index (χ3v) is 16.4. The van der Waals surface area contributed by atoms with Gasteiger partial charge in [-0.15, -0.1) is 0 Å². The van der Waals surface area contributed by atoms with Crippen LogP contribution >= 0.6 is 0 Å². The zero-order valence-corrected chi connectivity index (χ0v) is 60.9. The van der Waals surface area contributed by atoms with Crippen molar-refractivity contribution in [3.63, 3.8) is 0 Å². The van der Waals surface area contributed by atoms with E-state index in [1.165, 1.54) is 363 Å². The Hall–Kier alpha value is -2.42. The molecule has 8 fully saturated rings. The molecule has 20 nitrogen and oxygen atoms in total. The fourth-order valence-corrected chi connectivity index (χ4v) is 12.0. The molecule has 0 spiro atoms. The number of likely N-dealkylation sites (tertiary alicyclic amines) is 8. The maximum Gasteiger partial charge on any atom is 0.573 e. The normalized spacial score (nSPS) is 18.7. The largest absolute Gasteiger partial charge is 0.573 e. The van der Waals surface area contributed by atoms with Crippen LogP contribution in [0, 0.1) is 44.9 Å². The Bertz CT molecular complexity index is 1270. The predicted octanol–water partition coefficient (Wildman–Crippen LogP) is 9.15. The summed E-state index contributed by atoms with van der Waals surface area (Å²) < 4.78 is 0. The van der Waals surface area contributed by atoms with E-state index in [-0.39, 0.29) is 0 Å². The molecule has 0 aromatic rings. The molecule has 0 radical (unpaired) electrons. The van der Waals surface area contributed by atoms with Crippen molar-refractivity contribution in [3.05, 3.63) is 0 Å². The summed E-state index contributed by atoms with van der Waals surface area (Å²) in [6.45, 7) is 50.3. The third-order valence-electron chi connectivity index (χ3n) is 16.4. The van der Waals surface area contributed by atoms with Crippen molar-refractivity contribution in [2.45, 2.75) is 261 Å². The van der Waals surface area contributed by atoms with Crippen LogP contribution in [0.3, 0.4) is 0 Å². The van der Waals surface area contributed by atoms with E-state index in [2.05, 4.69) is 94.6 Å². The summed E-state index contributed by atoms with van der Waals surface area (Å²) in [5.74, 6) is 4.56. The van der Waals surface area contributed by atoms with Gasteiger partial charge in [-0.1, -0.05) is 107 Å². The fourth-order valence-electron chi connectivity index (χ4n) is 12.0. The van der Waals surface area contributed by atoms with E-state index >= 15 is 0 Å². The van der Waals surface area contributed by atoms with E-state index in [0.717, 1.165) is 23.9 Å². The van der Waals surface area contributed by atoms with Crippen LogP contribution in [0.4, 0.5) is 0 Å². The van der Waals surface area contributed by atoms with Gasteiger partial charge in [-0.2, -0.15) is 0 Å². The Kier molecular flexibility index (Phi) is 80.9. The molecule has 0 atom stereocenters. The van der Waals surface area contributed by atoms with Gasteiger partial charge in [-0.25, -0.2) is 21.0 Å². The molecule has 8 N–H and O–H groups in total. The molecule has 0 unspecified atom stereocenters. The zero-order chi connectivity index (χ0) is 69.4. The smallest absolute Gasteiger partial charge is 0.415 e. The van der Waals surface area contributed by atoms with E-state index in [9.17, 15) is 0 Å². The second kappa shape index (κ2) is 77.6. The highest BCUT2D eigenvalue weighted by molar-refractivity contribution is 6.51. The topological polar surface area (TPSA) is 283 Å². The molecule has 24 heteroatoms. The minimum absolute atomic E-state index is 1.14. The van der Waals surface area contributed by atoms with Crippen molar-refractivity contribution in [3.8, 4) is 23.9 Å². The fraction of sp³-hybridized carbons (Fsp3) is 0.941. The van der Waals surface area contributed by atoms with E-state index in [4.69, 9.17) is 61.2 Å². The predicted molar refractivity (Wildman–Crippen MR) is 388 cm³/mol. The Morgan fingerprint density at radius 3 is 0.326 bits per heavy atom. The van der Waals surface area contributed by atoms with Gasteiger partial charge in [0.05, 0.1) is 23.9 Å². The van der Waals surface area contributed by atoms with Crippen LogP contribution < -0.4 is 0 Å². The summed E-state index contributed by atoms with van der Waals surface area (Å²) in [4.78, 5) is 20.6. The molecule has 0 aromatic heterocycles. The van der Waals surface area contributed by atoms with Crippen LogP contribution in [-0.2, 0) is 0 Å². The monoisotopic (exact) mass is 1300 g/mol. The van der Waals surface area contributed by atoms with E-state index in [1.807, 2.05) is 0 Å². The first-order chi connectivity index (χ1) is 44.5. The molecule has 0 saturated carbocycles. The molecular formula is C68H144B4N12O8. The van der Waals surface area contributed by atoms with Gasteiger partial charge >= 0.3 is 28.5 Å². The molecule has 8 rings (SSSR count). The van der Waals surface area contributed by atoms with E-state index < -0.39 is 28.5 Å². The molecule has 8 heterocycles. The summed E-state index contributed by atoms with van der Waals surface area (Å²) in [5.41, 5.74) is 0. The lowest BCUT2D eigenvalue weighted by Crippen LogP contribution is -2.30. The Morgan fingerprint density at radius 1 is 0.196 bits per heavy atom. The Labute approximate surface area is 568 Å².